The maximum atomic E-state index is 5.75. The zero-order valence-electron chi connectivity index (χ0n) is 9.29. The van der Waals surface area contributed by atoms with Crippen LogP contribution in [0.3, 0.4) is 0 Å². The van der Waals surface area contributed by atoms with Crippen molar-refractivity contribution in [3.63, 3.8) is 0 Å². The Morgan fingerprint density at radius 3 is 2.64 bits per heavy atom. The number of rotatable bonds is 5. The van der Waals surface area contributed by atoms with Gasteiger partial charge in [0.25, 0.3) is 0 Å². The fraction of sp³-hybridized carbons (Fsp3) is 0.727. The van der Waals surface area contributed by atoms with Gasteiger partial charge in [-0.1, -0.05) is 13.8 Å². The summed E-state index contributed by atoms with van der Waals surface area (Å²) >= 11 is 1.75. The van der Waals surface area contributed by atoms with Crippen LogP contribution >= 0.6 is 11.3 Å². The molecule has 0 aliphatic rings. The average molecular weight is 212 g/mol. The van der Waals surface area contributed by atoms with E-state index in [0.717, 1.165) is 24.6 Å². The van der Waals surface area contributed by atoms with E-state index in [1.165, 1.54) is 11.4 Å². The highest BCUT2D eigenvalue weighted by Crippen LogP contribution is 2.18. The van der Waals surface area contributed by atoms with Crippen molar-refractivity contribution < 1.29 is 0 Å². The molecule has 1 atom stereocenters. The molecule has 14 heavy (non-hydrogen) atoms. The van der Waals surface area contributed by atoms with Gasteiger partial charge in [-0.05, 0) is 31.7 Å². The first kappa shape index (κ1) is 11.7. The summed E-state index contributed by atoms with van der Waals surface area (Å²) < 4.78 is 0. The molecule has 1 rings (SSSR count). The number of nitrogens with zero attached hydrogens (tertiary/aromatic N) is 1. The van der Waals surface area contributed by atoms with Crippen LogP contribution < -0.4 is 5.73 Å². The lowest BCUT2D eigenvalue weighted by Gasteiger charge is -2.15. The van der Waals surface area contributed by atoms with E-state index in [1.54, 1.807) is 11.3 Å². The fourth-order valence-electron chi connectivity index (χ4n) is 1.67. The monoisotopic (exact) mass is 212 g/mol. The van der Waals surface area contributed by atoms with Crippen molar-refractivity contribution in [2.75, 3.05) is 6.54 Å². The van der Waals surface area contributed by atoms with Crippen LogP contribution in [0.15, 0.2) is 5.38 Å². The molecule has 0 aliphatic heterocycles. The summed E-state index contributed by atoms with van der Waals surface area (Å²) in [5.74, 6) is 1.32. The first-order chi connectivity index (χ1) is 6.61. The topological polar surface area (TPSA) is 38.9 Å². The third kappa shape index (κ3) is 3.76. The Balaban J connectivity index is 2.48. The van der Waals surface area contributed by atoms with Crippen LogP contribution in [-0.4, -0.2) is 11.5 Å². The van der Waals surface area contributed by atoms with Crippen LogP contribution in [0.25, 0.3) is 0 Å². The SMILES string of the molecule is Cc1csc(CC(CN)CC(C)C)n1. The van der Waals surface area contributed by atoms with E-state index >= 15 is 0 Å². The molecule has 1 heterocycles. The quantitative estimate of drug-likeness (QED) is 0.815. The van der Waals surface area contributed by atoms with E-state index < -0.39 is 0 Å². The van der Waals surface area contributed by atoms with Crippen LogP contribution in [-0.2, 0) is 6.42 Å². The summed E-state index contributed by atoms with van der Waals surface area (Å²) in [6.07, 6.45) is 2.25. The zero-order chi connectivity index (χ0) is 10.6. The minimum absolute atomic E-state index is 0.598. The maximum Gasteiger partial charge on any atom is 0.0931 e. The molecule has 0 fully saturated rings. The van der Waals surface area contributed by atoms with Crippen molar-refractivity contribution in [2.24, 2.45) is 17.6 Å². The minimum Gasteiger partial charge on any atom is -0.330 e. The van der Waals surface area contributed by atoms with Crippen LogP contribution in [0.4, 0.5) is 0 Å². The highest BCUT2D eigenvalue weighted by Gasteiger charge is 2.11. The molecular formula is C11H20N2S. The van der Waals surface area contributed by atoms with E-state index in [1.807, 2.05) is 6.92 Å². The van der Waals surface area contributed by atoms with Gasteiger partial charge in [0.1, 0.15) is 0 Å². The van der Waals surface area contributed by atoms with Gasteiger partial charge < -0.3 is 5.73 Å². The Hall–Kier alpha value is -0.410. The lowest BCUT2D eigenvalue weighted by Crippen LogP contribution is -2.18. The Morgan fingerprint density at radius 2 is 2.21 bits per heavy atom. The number of aromatic nitrogens is 1. The number of thiazole rings is 1. The largest absolute Gasteiger partial charge is 0.330 e. The third-order valence-corrected chi connectivity index (χ3v) is 3.26. The normalized spacial score (nSPS) is 13.5. The summed E-state index contributed by atoms with van der Waals surface area (Å²) in [5, 5.41) is 3.34. The molecule has 0 spiro atoms. The van der Waals surface area contributed by atoms with Gasteiger partial charge in [-0.2, -0.15) is 0 Å². The van der Waals surface area contributed by atoms with Crippen molar-refractivity contribution in [1.82, 2.24) is 4.98 Å². The van der Waals surface area contributed by atoms with Gasteiger partial charge in [0.2, 0.25) is 0 Å². The molecule has 0 bridgehead atoms. The highest BCUT2D eigenvalue weighted by molar-refractivity contribution is 7.09. The van der Waals surface area contributed by atoms with E-state index in [2.05, 4.69) is 24.2 Å². The van der Waals surface area contributed by atoms with Gasteiger partial charge in [-0.15, -0.1) is 11.3 Å². The van der Waals surface area contributed by atoms with Crippen LogP contribution in [0.1, 0.15) is 31.0 Å². The number of nitrogens with two attached hydrogens (primary N) is 1. The van der Waals surface area contributed by atoms with E-state index in [-0.39, 0.29) is 0 Å². The molecule has 80 valence electrons. The van der Waals surface area contributed by atoms with Gasteiger partial charge in [0.15, 0.2) is 0 Å². The second kappa shape index (κ2) is 5.47. The second-order valence-electron chi connectivity index (χ2n) is 4.32. The summed E-state index contributed by atoms with van der Waals surface area (Å²) in [5.41, 5.74) is 6.88. The Labute approximate surface area is 90.6 Å². The second-order valence-corrected chi connectivity index (χ2v) is 5.26. The Morgan fingerprint density at radius 1 is 1.50 bits per heavy atom. The molecule has 0 aliphatic carbocycles. The predicted molar refractivity (Wildman–Crippen MR) is 62.6 cm³/mol. The van der Waals surface area contributed by atoms with Crippen molar-refractivity contribution >= 4 is 11.3 Å². The maximum absolute atomic E-state index is 5.75. The van der Waals surface area contributed by atoms with Crippen molar-refractivity contribution in [2.45, 2.75) is 33.6 Å². The minimum atomic E-state index is 0.598. The number of hydrogen-bond donors (Lipinski definition) is 1. The van der Waals surface area contributed by atoms with Gasteiger partial charge in [-0.25, -0.2) is 4.98 Å². The summed E-state index contributed by atoms with van der Waals surface area (Å²) in [6, 6.07) is 0. The molecular weight excluding hydrogens is 192 g/mol. The molecule has 0 aromatic carbocycles. The van der Waals surface area contributed by atoms with Gasteiger partial charge in [-0.3, -0.25) is 0 Å². The van der Waals surface area contributed by atoms with E-state index in [0.29, 0.717) is 5.92 Å². The fourth-order valence-corrected chi connectivity index (χ4v) is 2.56. The lowest BCUT2D eigenvalue weighted by molar-refractivity contribution is 0.414. The molecule has 1 aromatic heterocycles. The molecule has 0 amide bonds. The highest BCUT2D eigenvalue weighted by atomic mass is 32.1. The number of hydrogen-bond acceptors (Lipinski definition) is 3. The summed E-state index contributed by atoms with van der Waals surface area (Å²) in [4.78, 5) is 4.47. The van der Waals surface area contributed by atoms with Gasteiger partial charge >= 0.3 is 0 Å². The predicted octanol–water partition coefficient (Wildman–Crippen LogP) is 2.62. The first-order valence-corrected chi connectivity index (χ1v) is 6.10. The van der Waals surface area contributed by atoms with Gasteiger partial charge in [0.05, 0.1) is 5.01 Å². The van der Waals surface area contributed by atoms with E-state index in [4.69, 9.17) is 5.73 Å². The zero-order valence-corrected chi connectivity index (χ0v) is 10.1. The molecule has 3 heteroatoms. The molecule has 0 saturated carbocycles. The van der Waals surface area contributed by atoms with Gasteiger partial charge in [0, 0.05) is 17.5 Å². The Kier molecular flexibility index (Phi) is 4.55. The standard InChI is InChI=1S/C11H20N2S/c1-8(2)4-10(6-12)5-11-13-9(3)7-14-11/h7-8,10H,4-6,12H2,1-3H3. The van der Waals surface area contributed by atoms with Crippen LogP contribution in [0, 0.1) is 18.8 Å². The van der Waals surface area contributed by atoms with Crippen molar-refractivity contribution in [3.8, 4) is 0 Å². The molecule has 0 saturated heterocycles. The molecule has 2 N–H and O–H groups in total. The summed E-state index contributed by atoms with van der Waals surface area (Å²) in [7, 11) is 0. The molecule has 1 unspecified atom stereocenters. The molecule has 0 radical (unpaired) electrons. The average Bonchev–Trinajstić information content (AvgIpc) is 2.49. The number of aryl methyl sites for hydroxylation is 1. The van der Waals surface area contributed by atoms with Crippen molar-refractivity contribution in [3.05, 3.63) is 16.1 Å². The van der Waals surface area contributed by atoms with Crippen molar-refractivity contribution in [1.29, 1.82) is 0 Å². The Bertz CT molecular complexity index is 268. The van der Waals surface area contributed by atoms with Crippen LogP contribution in [0.5, 0.6) is 0 Å². The lowest BCUT2D eigenvalue weighted by atomic mass is 9.94. The third-order valence-electron chi connectivity index (χ3n) is 2.27. The molecule has 1 aromatic rings. The van der Waals surface area contributed by atoms with Crippen LogP contribution in [0.2, 0.25) is 0 Å². The summed E-state index contributed by atoms with van der Waals surface area (Å²) in [6.45, 7) is 7.31. The van der Waals surface area contributed by atoms with E-state index in [9.17, 15) is 0 Å². The first-order valence-electron chi connectivity index (χ1n) is 5.23. The molecule has 2 nitrogen and oxygen atoms in total. The smallest absolute Gasteiger partial charge is 0.0931 e.